The van der Waals surface area contributed by atoms with E-state index in [0.29, 0.717) is 0 Å². The van der Waals surface area contributed by atoms with E-state index in [9.17, 15) is 4.79 Å². The van der Waals surface area contributed by atoms with Gasteiger partial charge in [-0.3, -0.25) is 4.79 Å². The molecule has 0 fully saturated rings. The summed E-state index contributed by atoms with van der Waals surface area (Å²) in [5.74, 6) is 0.0631. The Kier molecular flexibility index (Phi) is 6.08. The number of carbonyl (C=O) groups excluding carboxylic acids is 1. The first-order valence-corrected chi connectivity index (χ1v) is 8.43. The van der Waals surface area contributed by atoms with Gasteiger partial charge in [-0.15, -0.1) is 0 Å². The second-order valence-corrected chi connectivity index (χ2v) is 5.52. The summed E-state index contributed by atoms with van der Waals surface area (Å²) < 4.78 is 0. The fourth-order valence-electron chi connectivity index (χ4n) is 2.62. The van der Waals surface area contributed by atoms with E-state index in [1.165, 1.54) is 16.7 Å². The Bertz CT molecular complexity index is 799. The maximum Gasteiger partial charge on any atom is 0.193 e. The van der Waals surface area contributed by atoms with Crippen molar-refractivity contribution in [2.45, 2.75) is 27.7 Å². The molecule has 0 N–H and O–H groups in total. The quantitative estimate of drug-likeness (QED) is 0.524. The summed E-state index contributed by atoms with van der Waals surface area (Å²) in [4.78, 5) is 12.4. The predicted molar refractivity (Wildman–Crippen MR) is 103 cm³/mol. The highest BCUT2D eigenvalue weighted by Crippen LogP contribution is 2.26. The van der Waals surface area contributed by atoms with E-state index in [1.807, 2.05) is 68.4 Å². The molecule has 24 heavy (non-hydrogen) atoms. The van der Waals surface area contributed by atoms with Crippen LogP contribution in [0.25, 0.3) is 11.1 Å². The van der Waals surface area contributed by atoms with E-state index in [0.717, 1.165) is 16.7 Å². The van der Waals surface area contributed by atoms with Crippen LogP contribution in [0.4, 0.5) is 0 Å². The maximum absolute atomic E-state index is 12.4. The molecule has 0 heterocycles. The first kappa shape index (κ1) is 17.7. The average Bonchev–Trinajstić information content (AvgIpc) is 2.66. The molecule has 0 aliphatic carbocycles. The van der Waals surface area contributed by atoms with Crippen LogP contribution >= 0.6 is 0 Å². The van der Waals surface area contributed by atoms with Crippen molar-refractivity contribution < 1.29 is 4.79 Å². The number of ketones is 1. The van der Waals surface area contributed by atoms with E-state index < -0.39 is 0 Å². The van der Waals surface area contributed by atoms with Crippen molar-refractivity contribution >= 4 is 5.78 Å². The molecule has 0 saturated heterocycles. The lowest BCUT2D eigenvalue weighted by Crippen LogP contribution is -2.00. The molecule has 0 saturated carbocycles. The molecule has 3 rings (SSSR count). The van der Waals surface area contributed by atoms with E-state index in [-0.39, 0.29) is 5.78 Å². The first-order valence-electron chi connectivity index (χ1n) is 8.43. The SMILES string of the molecule is CC.Cc1cccc(-c2ccc(C(=O)c3ccccc3)cc2)c1C. The van der Waals surface area contributed by atoms with Crippen LogP contribution in [0, 0.1) is 13.8 Å². The van der Waals surface area contributed by atoms with E-state index in [4.69, 9.17) is 0 Å². The third-order valence-electron chi connectivity index (χ3n) is 4.10. The lowest BCUT2D eigenvalue weighted by atomic mass is 9.95. The summed E-state index contributed by atoms with van der Waals surface area (Å²) in [6.07, 6.45) is 0. The van der Waals surface area contributed by atoms with Gasteiger partial charge in [-0.1, -0.05) is 86.6 Å². The van der Waals surface area contributed by atoms with Gasteiger partial charge < -0.3 is 0 Å². The van der Waals surface area contributed by atoms with Gasteiger partial charge >= 0.3 is 0 Å². The lowest BCUT2D eigenvalue weighted by Gasteiger charge is -2.09. The van der Waals surface area contributed by atoms with Crippen LogP contribution in [0.5, 0.6) is 0 Å². The molecule has 3 aromatic carbocycles. The number of hydrogen-bond donors (Lipinski definition) is 0. The molecule has 0 bridgehead atoms. The van der Waals surface area contributed by atoms with Gasteiger partial charge in [0, 0.05) is 11.1 Å². The Morgan fingerprint density at radius 1 is 0.667 bits per heavy atom. The zero-order valence-corrected chi connectivity index (χ0v) is 14.8. The van der Waals surface area contributed by atoms with Crippen LogP contribution < -0.4 is 0 Å². The summed E-state index contributed by atoms with van der Waals surface area (Å²) in [6, 6.07) is 23.6. The highest BCUT2D eigenvalue weighted by atomic mass is 16.1. The Morgan fingerprint density at radius 3 is 1.88 bits per heavy atom. The third-order valence-corrected chi connectivity index (χ3v) is 4.10. The summed E-state index contributed by atoms with van der Waals surface area (Å²) in [5, 5.41) is 0. The standard InChI is InChI=1S/C21H18O.C2H6/c1-15-7-6-10-20(16(15)2)17-11-13-19(14-12-17)21(22)18-8-4-3-5-9-18;1-2/h3-14H,1-2H3;1-2H3. The van der Waals surface area contributed by atoms with Crippen LogP contribution in [0.3, 0.4) is 0 Å². The number of benzene rings is 3. The van der Waals surface area contributed by atoms with Gasteiger partial charge in [0.1, 0.15) is 0 Å². The van der Waals surface area contributed by atoms with Gasteiger partial charge in [-0.05, 0) is 36.1 Å². The second-order valence-electron chi connectivity index (χ2n) is 5.52. The van der Waals surface area contributed by atoms with Crippen molar-refractivity contribution in [2.24, 2.45) is 0 Å². The van der Waals surface area contributed by atoms with Crippen LogP contribution in [0.2, 0.25) is 0 Å². The lowest BCUT2D eigenvalue weighted by molar-refractivity contribution is 0.103. The molecular weight excluding hydrogens is 292 g/mol. The summed E-state index contributed by atoms with van der Waals surface area (Å²) in [5.41, 5.74) is 6.37. The molecule has 0 amide bonds. The molecule has 0 aromatic heterocycles. The van der Waals surface area contributed by atoms with Crippen LogP contribution in [0.15, 0.2) is 72.8 Å². The molecule has 122 valence electrons. The van der Waals surface area contributed by atoms with Crippen molar-refractivity contribution in [3.63, 3.8) is 0 Å². The number of aryl methyl sites for hydroxylation is 1. The van der Waals surface area contributed by atoms with E-state index in [1.54, 1.807) is 0 Å². The van der Waals surface area contributed by atoms with Gasteiger partial charge in [-0.2, -0.15) is 0 Å². The summed E-state index contributed by atoms with van der Waals surface area (Å²) >= 11 is 0. The van der Waals surface area contributed by atoms with Crippen LogP contribution in [-0.2, 0) is 0 Å². The highest BCUT2D eigenvalue weighted by Gasteiger charge is 2.09. The Morgan fingerprint density at radius 2 is 1.25 bits per heavy atom. The zero-order chi connectivity index (χ0) is 17.5. The number of carbonyl (C=O) groups is 1. The molecule has 0 atom stereocenters. The van der Waals surface area contributed by atoms with Crippen molar-refractivity contribution in [1.82, 2.24) is 0 Å². The molecule has 0 unspecified atom stereocenters. The Hall–Kier alpha value is -2.67. The second kappa shape index (κ2) is 8.26. The van der Waals surface area contributed by atoms with Crippen LogP contribution in [0.1, 0.15) is 40.9 Å². The minimum atomic E-state index is 0.0631. The fourth-order valence-corrected chi connectivity index (χ4v) is 2.62. The predicted octanol–water partition coefficient (Wildman–Crippen LogP) is 6.23. The molecular formula is C23H24O. The van der Waals surface area contributed by atoms with Gasteiger partial charge in [0.15, 0.2) is 5.78 Å². The van der Waals surface area contributed by atoms with Crippen molar-refractivity contribution in [3.8, 4) is 11.1 Å². The molecule has 1 heteroatoms. The maximum atomic E-state index is 12.4. The van der Waals surface area contributed by atoms with E-state index >= 15 is 0 Å². The summed E-state index contributed by atoms with van der Waals surface area (Å²) in [6.45, 7) is 8.25. The Labute approximate surface area is 145 Å². The molecule has 0 aliphatic rings. The first-order chi connectivity index (χ1) is 11.7. The minimum Gasteiger partial charge on any atom is -0.289 e. The molecule has 1 nitrogen and oxygen atoms in total. The number of rotatable bonds is 3. The largest absolute Gasteiger partial charge is 0.289 e. The molecule has 0 spiro atoms. The molecule has 0 aliphatic heterocycles. The van der Waals surface area contributed by atoms with Crippen LogP contribution in [-0.4, -0.2) is 5.78 Å². The molecule has 0 radical (unpaired) electrons. The smallest absolute Gasteiger partial charge is 0.193 e. The average molecular weight is 316 g/mol. The third kappa shape index (κ3) is 3.80. The molecule has 3 aromatic rings. The number of hydrogen-bond acceptors (Lipinski definition) is 1. The van der Waals surface area contributed by atoms with Crippen molar-refractivity contribution in [1.29, 1.82) is 0 Å². The monoisotopic (exact) mass is 316 g/mol. The van der Waals surface area contributed by atoms with Gasteiger partial charge in [-0.25, -0.2) is 0 Å². The van der Waals surface area contributed by atoms with Crippen molar-refractivity contribution in [3.05, 3.63) is 95.1 Å². The normalized spacial score (nSPS) is 9.83. The topological polar surface area (TPSA) is 17.1 Å². The van der Waals surface area contributed by atoms with Gasteiger partial charge in [0.05, 0.1) is 0 Å². The zero-order valence-electron chi connectivity index (χ0n) is 14.8. The summed E-state index contributed by atoms with van der Waals surface area (Å²) in [7, 11) is 0. The fraction of sp³-hybridized carbons (Fsp3) is 0.174. The minimum absolute atomic E-state index is 0.0631. The van der Waals surface area contributed by atoms with Crippen molar-refractivity contribution in [2.75, 3.05) is 0 Å². The Balaban J connectivity index is 0.00000100. The van der Waals surface area contributed by atoms with E-state index in [2.05, 4.69) is 32.0 Å². The van der Waals surface area contributed by atoms with Gasteiger partial charge in [0.2, 0.25) is 0 Å². The highest BCUT2D eigenvalue weighted by molar-refractivity contribution is 6.09. The van der Waals surface area contributed by atoms with Gasteiger partial charge in [0.25, 0.3) is 0 Å².